The molecule has 0 saturated heterocycles. The SMILES string of the molecule is Cc1cc(N=Nc2ccccc2)c(NC[C@H](O)[C@H](O)[C@H](O)CO)cc1C. The van der Waals surface area contributed by atoms with Crippen LogP contribution >= 0.6 is 0 Å². The van der Waals surface area contributed by atoms with Gasteiger partial charge in [0.25, 0.3) is 0 Å². The van der Waals surface area contributed by atoms with Crippen LogP contribution in [0.3, 0.4) is 0 Å². The van der Waals surface area contributed by atoms with E-state index in [-0.39, 0.29) is 6.54 Å². The topological polar surface area (TPSA) is 118 Å². The minimum absolute atomic E-state index is 0.0193. The molecular weight excluding hydrogens is 334 g/mol. The number of nitrogens with zero attached hydrogens (tertiary/aromatic N) is 2. The van der Waals surface area contributed by atoms with Gasteiger partial charge in [0.15, 0.2) is 0 Å². The molecule has 3 atom stereocenters. The zero-order valence-corrected chi connectivity index (χ0v) is 14.9. The molecule has 0 aliphatic rings. The van der Waals surface area contributed by atoms with E-state index in [1.807, 2.05) is 56.3 Å². The summed E-state index contributed by atoms with van der Waals surface area (Å²) in [5.74, 6) is 0. The number of benzene rings is 2. The molecule has 140 valence electrons. The molecule has 2 rings (SSSR count). The zero-order valence-electron chi connectivity index (χ0n) is 14.9. The number of hydrogen-bond acceptors (Lipinski definition) is 7. The van der Waals surface area contributed by atoms with E-state index in [2.05, 4.69) is 15.5 Å². The molecule has 0 aliphatic heterocycles. The number of aliphatic hydroxyl groups is 4. The molecule has 0 fully saturated rings. The fraction of sp³-hybridized carbons (Fsp3) is 0.368. The molecule has 0 amide bonds. The number of azo groups is 1. The Kier molecular flexibility index (Phi) is 7.23. The summed E-state index contributed by atoms with van der Waals surface area (Å²) in [6.45, 7) is 3.28. The van der Waals surface area contributed by atoms with Gasteiger partial charge in [-0.3, -0.25) is 0 Å². The number of aliphatic hydroxyl groups excluding tert-OH is 4. The third-order valence-electron chi connectivity index (χ3n) is 4.12. The second kappa shape index (κ2) is 9.40. The highest BCUT2D eigenvalue weighted by Crippen LogP contribution is 2.30. The first-order valence-corrected chi connectivity index (χ1v) is 8.39. The first-order valence-electron chi connectivity index (χ1n) is 8.39. The van der Waals surface area contributed by atoms with E-state index >= 15 is 0 Å². The summed E-state index contributed by atoms with van der Waals surface area (Å²) in [7, 11) is 0. The third-order valence-corrected chi connectivity index (χ3v) is 4.12. The Bertz CT molecular complexity index is 737. The van der Waals surface area contributed by atoms with Crippen molar-refractivity contribution < 1.29 is 20.4 Å². The molecule has 0 radical (unpaired) electrons. The molecule has 0 spiro atoms. The summed E-state index contributed by atoms with van der Waals surface area (Å²) < 4.78 is 0. The molecule has 0 bridgehead atoms. The van der Waals surface area contributed by atoms with Gasteiger partial charge in [-0.1, -0.05) is 18.2 Å². The normalized spacial score (nSPS) is 15.0. The Morgan fingerprint density at radius 3 is 2.23 bits per heavy atom. The van der Waals surface area contributed by atoms with Gasteiger partial charge in [0.1, 0.15) is 17.9 Å². The van der Waals surface area contributed by atoms with Gasteiger partial charge >= 0.3 is 0 Å². The second-order valence-electron chi connectivity index (χ2n) is 6.18. The fourth-order valence-electron chi connectivity index (χ4n) is 2.33. The molecular formula is C19H25N3O4. The summed E-state index contributed by atoms with van der Waals surface area (Å²) in [6, 6.07) is 13.1. The Morgan fingerprint density at radius 1 is 0.923 bits per heavy atom. The van der Waals surface area contributed by atoms with Crippen LogP contribution in [0.4, 0.5) is 17.1 Å². The van der Waals surface area contributed by atoms with Gasteiger partial charge in [0, 0.05) is 6.54 Å². The van der Waals surface area contributed by atoms with E-state index in [0.717, 1.165) is 16.8 Å². The Balaban J connectivity index is 2.17. The lowest BCUT2D eigenvalue weighted by Gasteiger charge is -2.22. The highest BCUT2D eigenvalue weighted by atomic mass is 16.4. The summed E-state index contributed by atoms with van der Waals surface area (Å²) in [6.07, 6.45) is -4.10. The molecule has 5 N–H and O–H groups in total. The van der Waals surface area contributed by atoms with Gasteiger partial charge in [-0.15, -0.1) is 5.11 Å². The van der Waals surface area contributed by atoms with Crippen molar-refractivity contribution in [2.24, 2.45) is 10.2 Å². The van der Waals surface area contributed by atoms with Crippen LogP contribution in [0.1, 0.15) is 11.1 Å². The number of nitrogens with one attached hydrogen (secondary N) is 1. The largest absolute Gasteiger partial charge is 0.394 e. The van der Waals surface area contributed by atoms with Crippen LogP contribution in [0.25, 0.3) is 0 Å². The van der Waals surface area contributed by atoms with Crippen LogP contribution in [0.5, 0.6) is 0 Å². The van der Waals surface area contributed by atoms with Crippen LogP contribution in [-0.4, -0.2) is 51.9 Å². The molecule has 0 unspecified atom stereocenters. The minimum atomic E-state index is -1.45. The molecule has 0 saturated carbocycles. The van der Waals surface area contributed by atoms with Gasteiger partial charge in [0.05, 0.1) is 24.1 Å². The van der Waals surface area contributed by atoms with Gasteiger partial charge in [-0.2, -0.15) is 5.11 Å². The monoisotopic (exact) mass is 359 g/mol. The smallest absolute Gasteiger partial charge is 0.110 e. The summed E-state index contributed by atoms with van der Waals surface area (Å²) in [5, 5.41) is 49.5. The maximum atomic E-state index is 9.97. The number of anilines is 1. The van der Waals surface area contributed by atoms with Crippen molar-refractivity contribution in [3.8, 4) is 0 Å². The van der Waals surface area contributed by atoms with E-state index < -0.39 is 24.9 Å². The molecule has 0 aromatic heterocycles. The molecule has 26 heavy (non-hydrogen) atoms. The average molecular weight is 359 g/mol. The summed E-state index contributed by atoms with van der Waals surface area (Å²) in [5.41, 5.74) is 4.06. The van der Waals surface area contributed by atoms with Crippen molar-refractivity contribution in [1.29, 1.82) is 0 Å². The van der Waals surface area contributed by atoms with Crippen molar-refractivity contribution in [1.82, 2.24) is 0 Å². The van der Waals surface area contributed by atoms with E-state index in [1.54, 1.807) is 0 Å². The lowest BCUT2D eigenvalue weighted by atomic mass is 10.1. The van der Waals surface area contributed by atoms with Crippen molar-refractivity contribution in [3.05, 3.63) is 53.6 Å². The van der Waals surface area contributed by atoms with Crippen molar-refractivity contribution in [3.63, 3.8) is 0 Å². The number of hydrogen-bond donors (Lipinski definition) is 5. The van der Waals surface area contributed by atoms with E-state index in [0.29, 0.717) is 11.4 Å². The van der Waals surface area contributed by atoms with Crippen molar-refractivity contribution >= 4 is 17.1 Å². The van der Waals surface area contributed by atoms with E-state index in [1.165, 1.54) is 0 Å². The number of rotatable bonds is 8. The van der Waals surface area contributed by atoms with Crippen molar-refractivity contribution in [2.75, 3.05) is 18.5 Å². The van der Waals surface area contributed by atoms with Gasteiger partial charge in [-0.05, 0) is 49.2 Å². The number of aryl methyl sites for hydroxylation is 2. The van der Waals surface area contributed by atoms with Crippen LogP contribution < -0.4 is 5.32 Å². The highest BCUT2D eigenvalue weighted by Gasteiger charge is 2.24. The van der Waals surface area contributed by atoms with Crippen LogP contribution in [0.2, 0.25) is 0 Å². The summed E-state index contributed by atoms with van der Waals surface area (Å²) in [4.78, 5) is 0. The van der Waals surface area contributed by atoms with Gasteiger partial charge in [-0.25, -0.2) is 0 Å². The highest BCUT2D eigenvalue weighted by molar-refractivity contribution is 5.68. The van der Waals surface area contributed by atoms with E-state index in [9.17, 15) is 15.3 Å². The lowest BCUT2D eigenvalue weighted by Crippen LogP contribution is -2.42. The maximum Gasteiger partial charge on any atom is 0.110 e. The maximum absolute atomic E-state index is 9.97. The molecule has 7 nitrogen and oxygen atoms in total. The minimum Gasteiger partial charge on any atom is -0.394 e. The quantitative estimate of drug-likeness (QED) is 0.463. The standard InChI is InChI=1S/C19H25N3O4/c1-12-8-15(20-10-17(24)19(26)18(25)11-23)16(9-13(12)2)22-21-14-6-4-3-5-7-14/h3-9,17-20,23-26H,10-11H2,1-2H3/t17-,18+,19-/m0/s1. The van der Waals surface area contributed by atoms with Crippen molar-refractivity contribution in [2.45, 2.75) is 32.2 Å². The Labute approximate surface area is 152 Å². The van der Waals surface area contributed by atoms with Crippen LogP contribution in [-0.2, 0) is 0 Å². The van der Waals surface area contributed by atoms with E-state index in [4.69, 9.17) is 5.11 Å². The lowest BCUT2D eigenvalue weighted by molar-refractivity contribution is -0.0715. The second-order valence-corrected chi connectivity index (χ2v) is 6.18. The fourth-order valence-corrected chi connectivity index (χ4v) is 2.33. The zero-order chi connectivity index (χ0) is 19.1. The Hall–Kier alpha value is -2.32. The molecule has 2 aromatic carbocycles. The molecule has 0 heterocycles. The first kappa shape index (κ1) is 20.0. The molecule has 7 heteroatoms. The first-order chi connectivity index (χ1) is 12.4. The summed E-state index contributed by atoms with van der Waals surface area (Å²) >= 11 is 0. The molecule has 2 aromatic rings. The molecule has 0 aliphatic carbocycles. The third kappa shape index (κ3) is 5.34. The average Bonchev–Trinajstić information content (AvgIpc) is 2.66. The van der Waals surface area contributed by atoms with Gasteiger partial charge in [0.2, 0.25) is 0 Å². The predicted octanol–water partition coefficient (Wildman–Crippen LogP) is 2.21. The van der Waals surface area contributed by atoms with Gasteiger partial charge < -0.3 is 25.7 Å². The van der Waals surface area contributed by atoms with Crippen LogP contribution in [0.15, 0.2) is 52.7 Å². The predicted molar refractivity (Wildman–Crippen MR) is 100 cm³/mol. The van der Waals surface area contributed by atoms with Crippen LogP contribution in [0, 0.1) is 13.8 Å². The Morgan fingerprint density at radius 2 is 1.58 bits per heavy atom.